The van der Waals surface area contributed by atoms with Crippen molar-refractivity contribution in [2.24, 2.45) is 4.99 Å². The molecule has 2 N–H and O–H groups in total. The SMILES string of the molecule is CN=C(NCCOc1ccc(F)c(F)c1)NC1CCC(SC)C1. The highest BCUT2D eigenvalue weighted by Gasteiger charge is 2.24. The van der Waals surface area contributed by atoms with Gasteiger partial charge in [-0.1, -0.05) is 0 Å². The largest absolute Gasteiger partial charge is 0.492 e. The van der Waals surface area contributed by atoms with Gasteiger partial charge in [-0.3, -0.25) is 4.99 Å². The van der Waals surface area contributed by atoms with Crippen LogP contribution in [-0.2, 0) is 0 Å². The van der Waals surface area contributed by atoms with Gasteiger partial charge in [0, 0.05) is 24.4 Å². The number of nitrogens with zero attached hydrogens (tertiary/aromatic N) is 1. The summed E-state index contributed by atoms with van der Waals surface area (Å²) in [5.74, 6) is -0.726. The van der Waals surface area contributed by atoms with E-state index in [1.165, 1.54) is 12.5 Å². The minimum Gasteiger partial charge on any atom is -0.492 e. The molecule has 0 amide bonds. The van der Waals surface area contributed by atoms with E-state index < -0.39 is 11.6 Å². The molecule has 0 heterocycles. The number of hydrogen-bond acceptors (Lipinski definition) is 3. The van der Waals surface area contributed by atoms with Crippen LogP contribution in [0.25, 0.3) is 0 Å². The van der Waals surface area contributed by atoms with E-state index in [4.69, 9.17) is 4.74 Å². The van der Waals surface area contributed by atoms with Crippen LogP contribution < -0.4 is 15.4 Å². The fourth-order valence-corrected chi connectivity index (χ4v) is 3.37. The highest BCUT2D eigenvalue weighted by atomic mass is 32.2. The molecule has 0 bridgehead atoms. The van der Waals surface area contributed by atoms with Crippen LogP contribution in [-0.4, -0.2) is 43.7 Å². The van der Waals surface area contributed by atoms with Crippen molar-refractivity contribution in [1.82, 2.24) is 10.6 Å². The quantitative estimate of drug-likeness (QED) is 0.474. The summed E-state index contributed by atoms with van der Waals surface area (Å²) in [6, 6.07) is 3.96. The topological polar surface area (TPSA) is 45.7 Å². The van der Waals surface area contributed by atoms with Gasteiger partial charge in [-0.25, -0.2) is 8.78 Å². The molecule has 0 saturated heterocycles. The average molecular weight is 343 g/mol. The van der Waals surface area contributed by atoms with Gasteiger partial charge < -0.3 is 15.4 Å². The molecule has 7 heteroatoms. The summed E-state index contributed by atoms with van der Waals surface area (Å²) in [5, 5.41) is 7.29. The van der Waals surface area contributed by atoms with E-state index in [9.17, 15) is 8.78 Å². The van der Waals surface area contributed by atoms with E-state index in [1.807, 2.05) is 11.8 Å². The standard InChI is InChI=1S/C16H23F2N3OS/c1-19-16(21-11-3-5-13(9-11)23-2)20-7-8-22-12-4-6-14(17)15(18)10-12/h4,6,10-11,13H,3,5,7-9H2,1-2H3,(H2,19,20,21). The number of nitrogens with one attached hydrogen (secondary N) is 2. The highest BCUT2D eigenvalue weighted by Crippen LogP contribution is 2.27. The van der Waals surface area contributed by atoms with Crippen molar-refractivity contribution in [3.8, 4) is 5.75 Å². The third-order valence-electron chi connectivity index (χ3n) is 3.84. The van der Waals surface area contributed by atoms with Crippen molar-refractivity contribution in [3.05, 3.63) is 29.8 Å². The molecular formula is C16H23F2N3OS. The Morgan fingerprint density at radius 2 is 2.17 bits per heavy atom. The van der Waals surface area contributed by atoms with Crippen LogP contribution in [0.1, 0.15) is 19.3 Å². The van der Waals surface area contributed by atoms with Gasteiger partial charge in [0.25, 0.3) is 0 Å². The van der Waals surface area contributed by atoms with Crippen molar-refractivity contribution >= 4 is 17.7 Å². The molecule has 0 radical (unpaired) electrons. The molecule has 128 valence electrons. The molecule has 2 atom stereocenters. The van der Waals surface area contributed by atoms with Crippen molar-refractivity contribution in [2.45, 2.75) is 30.6 Å². The fourth-order valence-electron chi connectivity index (χ4n) is 2.58. The van der Waals surface area contributed by atoms with Crippen LogP contribution in [0.4, 0.5) is 8.78 Å². The summed E-state index contributed by atoms with van der Waals surface area (Å²) in [6.07, 6.45) is 5.68. The molecule has 0 spiro atoms. The molecule has 1 aliphatic rings. The van der Waals surface area contributed by atoms with Crippen LogP contribution >= 0.6 is 11.8 Å². The fraction of sp³-hybridized carbons (Fsp3) is 0.562. The van der Waals surface area contributed by atoms with Crippen molar-refractivity contribution in [2.75, 3.05) is 26.5 Å². The van der Waals surface area contributed by atoms with Crippen LogP contribution in [0.3, 0.4) is 0 Å². The normalized spacial score (nSPS) is 21.3. The molecule has 0 aromatic heterocycles. The number of aliphatic imine (C=N–C) groups is 1. The van der Waals surface area contributed by atoms with E-state index in [-0.39, 0.29) is 0 Å². The lowest BCUT2D eigenvalue weighted by atomic mass is 10.2. The summed E-state index contributed by atoms with van der Waals surface area (Å²) >= 11 is 1.91. The van der Waals surface area contributed by atoms with Crippen LogP contribution in [0.2, 0.25) is 0 Å². The van der Waals surface area contributed by atoms with Crippen molar-refractivity contribution in [3.63, 3.8) is 0 Å². The molecule has 4 nitrogen and oxygen atoms in total. The Kier molecular flexibility index (Phi) is 6.95. The number of rotatable bonds is 6. The van der Waals surface area contributed by atoms with Gasteiger partial charge in [0.2, 0.25) is 0 Å². The molecule has 2 rings (SSSR count). The number of halogens is 2. The van der Waals surface area contributed by atoms with Crippen LogP contribution in [0.5, 0.6) is 5.75 Å². The molecule has 1 saturated carbocycles. The predicted molar refractivity (Wildman–Crippen MR) is 91.3 cm³/mol. The predicted octanol–water partition coefficient (Wildman–Crippen LogP) is 2.79. The second kappa shape index (κ2) is 8.96. The minimum absolute atomic E-state index is 0.312. The van der Waals surface area contributed by atoms with Gasteiger partial charge in [-0.05, 0) is 37.7 Å². The minimum atomic E-state index is -0.905. The Labute approximate surface area is 140 Å². The number of hydrogen-bond donors (Lipinski definition) is 2. The van der Waals surface area contributed by atoms with Gasteiger partial charge in [0.05, 0.1) is 6.54 Å². The zero-order valence-electron chi connectivity index (χ0n) is 13.4. The first kappa shape index (κ1) is 17.8. The lowest BCUT2D eigenvalue weighted by molar-refractivity contribution is 0.318. The monoisotopic (exact) mass is 343 g/mol. The third-order valence-corrected chi connectivity index (χ3v) is 4.93. The third kappa shape index (κ3) is 5.57. The van der Waals surface area contributed by atoms with E-state index in [0.29, 0.717) is 24.9 Å². The Morgan fingerprint density at radius 3 is 2.83 bits per heavy atom. The van der Waals surface area contributed by atoms with Gasteiger partial charge in [-0.2, -0.15) is 11.8 Å². The van der Waals surface area contributed by atoms with E-state index >= 15 is 0 Å². The zero-order valence-corrected chi connectivity index (χ0v) is 14.3. The van der Waals surface area contributed by atoms with Gasteiger partial charge in [0.1, 0.15) is 12.4 Å². The number of thioether (sulfide) groups is 1. The lowest BCUT2D eigenvalue weighted by Crippen LogP contribution is -2.43. The second-order valence-corrected chi connectivity index (χ2v) is 6.57. The number of benzene rings is 1. The maximum absolute atomic E-state index is 13.1. The molecular weight excluding hydrogens is 320 g/mol. The second-order valence-electron chi connectivity index (χ2n) is 5.44. The van der Waals surface area contributed by atoms with Crippen LogP contribution in [0.15, 0.2) is 23.2 Å². The summed E-state index contributed by atoms with van der Waals surface area (Å²) in [5.41, 5.74) is 0. The average Bonchev–Trinajstić information content (AvgIpc) is 3.01. The molecule has 1 fully saturated rings. The van der Waals surface area contributed by atoms with Gasteiger partial charge >= 0.3 is 0 Å². The van der Waals surface area contributed by atoms with E-state index in [2.05, 4.69) is 21.9 Å². The van der Waals surface area contributed by atoms with E-state index in [1.54, 1.807) is 7.05 Å². The molecule has 1 aromatic rings. The highest BCUT2D eigenvalue weighted by molar-refractivity contribution is 7.99. The van der Waals surface area contributed by atoms with E-state index in [0.717, 1.165) is 36.2 Å². The zero-order chi connectivity index (χ0) is 16.7. The summed E-state index contributed by atoms with van der Waals surface area (Å²) in [6.45, 7) is 0.862. The van der Waals surface area contributed by atoms with Gasteiger partial charge in [-0.15, -0.1) is 0 Å². The number of ether oxygens (including phenoxy) is 1. The molecule has 2 unspecified atom stereocenters. The maximum atomic E-state index is 13.1. The Bertz CT molecular complexity index is 542. The lowest BCUT2D eigenvalue weighted by Gasteiger charge is -2.17. The van der Waals surface area contributed by atoms with Crippen LogP contribution in [0, 0.1) is 11.6 Å². The summed E-state index contributed by atoms with van der Waals surface area (Å²) in [7, 11) is 1.73. The summed E-state index contributed by atoms with van der Waals surface area (Å²) in [4.78, 5) is 4.20. The molecule has 1 aromatic carbocycles. The van der Waals surface area contributed by atoms with Crippen molar-refractivity contribution in [1.29, 1.82) is 0 Å². The Hall–Kier alpha value is -1.50. The summed E-state index contributed by atoms with van der Waals surface area (Å²) < 4.78 is 31.3. The molecule has 0 aliphatic heterocycles. The number of guanidine groups is 1. The molecule has 1 aliphatic carbocycles. The maximum Gasteiger partial charge on any atom is 0.191 e. The van der Waals surface area contributed by atoms with Crippen molar-refractivity contribution < 1.29 is 13.5 Å². The molecule has 23 heavy (non-hydrogen) atoms. The van der Waals surface area contributed by atoms with Gasteiger partial charge in [0.15, 0.2) is 17.6 Å². The smallest absolute Gasteiger partial charge is 0.191 e. The first-order valence-corrected chi connectivity index (χ1v) is 8.99. The first-order chi connectivity index (χ1) is 11.1. The Balaban J connectivity index is 1.68. The Morgan fingerprint density at radius 1 is 1.35 bits per heavy atom. The first-order valence-electron chi connectivity index (χ1n) is 7.70.